The molecule has 0 bridgehead atoms. The number of carbonyl (C=O) groups excluding carboxylic acids is 2. The SMILES string of the molecule is CNc1ncnc(N2CC(=O)NC(=O)C2)c1C(C)C. The highest BCUT2D eigenvalue weighted by Crippen LogP contribution is 2.30. The van der Waals surface area contributed by atoms with Crippen LogP contribution in [0, 0.1) is 0 Å². The van der Waals surface area contributed by atoms with Crippen LogP contribution in [0.15, 0.2) is 6.33 Å². The van der Waals surface area contributed by atoms with Gasteiger partial charge in [0.2, 0.25) is 11.8 Å². The van der Waals surface area contributed by atoms with E-state index in [2.05, 4.69) is 20.6 Å². The molecule has 0 spiro atoms. The Morgan fingerprint density at radius 2 is 1.89 bits per heavy atom. The number of hydrogen-bond acceptors (Lipinski definition) is 6. The van der Waals surface area contributed by atoms with Gasteiger partial charge >= 0.3 is 0 Å². The van der Waals surface area contributed by atoms with Gasteiger partial charge in [0, 0.05) is 12.6 Å². The highest BCUT2D eigenvalue weighted by molar-refractivity contribution is 6.02. The first-order chi connectivity index (χ1) is 9.02. The normalized spacial score (nSPS) is 15.7. The third kappa shape index (κ3) is 2.64. The molecule has 102 valence electrons. The molecule has 0 aromatic carbocycles. The quantitative estimate of drug-likeness (QED) is 0.752. The van der Waals surface area contributed by atoms with E-state index in [4.69, 9.17) is 0 Å². The van der Waals surface area contributed by atoms with Gasteiger partial charge in [-0.2, -0.15) is 0 Å². The second kappa shape index (κ2) is 5.21. The lowest BCUT2D eigenvalue weighted by Crippen LogP contribution is -2.52. The van der Waals surface area contributed by atoms with Crippen LogP contribution < -0.4 is 15.5 Å². The first-order valence-electron chi connectivity index (χ1n) is 6.13. The summed E-state index contributed by atoms with van der Waals surface area (Å²) in [4.78, 5) is 33.0. The number of piperazine rings is 1. The Morgan fingerprint density at radius 1 is 1.26 bits per heavy atom. The number of hydrogen-bond donors (Lipinski definition) is 2. The van der Waals surface area contributed by atoms with Crippen molar-refractivity contribution in [3.8, 4) is 0 Å². The van der Waals surface area contributed by atoms with Gasteiger partial charge in [-0.25, -0.2) is 9.97 Å². The Labute approximate surface area is 111 Å². The van der Waals surface area contributed by atoms with Crippen LogP contribution in [0.5, 0.6) is 0 Å². The fraction of sp³-hybridized carbons (Fsp3) is 0.500. The number of rotatable bonds is 3. The van der Waals surface area contributed by atoms with Crippen LogP contribution in [0.1, 0.15) is 25.3 Å². The highest BCUT2D eigenvalue weighted by atomic mass is 16.2. The minimum absolute atomic E-state index is 0.131. The van der Waals surface area contributed by atoms with Crippen LogP contribution in [-0.4, -0.2) is 41.9 Å². The average molecular weight is 263 g/mol. The highest BCUT2D eigenvalue weighted by Gasteiger charge is 2.27. The number of imide groups is 1. The first kappa shape index (κ1) is 13.3. The zero-order valence-corrected chi connectivity index (χ0v) is 11.2. The largest absolute Gasteiger partial charge is 0.373 e. The van der Waals surface area contributed by atoms with E-state index in [-0.39, 0.29) is 30.8 Å². The van der Waals surface area contributed by atoms with E-state index in [0.29, 0.717) is 5.82 Å². The molecule has 2 amide bonds. The summed E-state index contributed by atoms with van der Waals surface area (Å²) >= 11 is 0. The van der Waals surface area contributed by atoms with Crippen molar-refractivity contribution in [3.05, 3.63) is 11.9 Å². The molecule has 0 radical (unpaired) electrons. The van der Waals surface area contributed by atoms with Gasteiger partial charge < -0.3 is 10.2 Å². The van der Waals surface area contributed by atoms with Crippen LogP contribution in [0.3, 0.4) is 0 Å². The fourth-order valence-electron chi connectivity index (χ4n) is 2.16. The lowest BCUT2D eigenvalue weighted by atomic mass is 10.0. The molecule has 2 rings (SSSR count). The number of nitrogens with zero attached hydrogens (tertiary/aromatic N) is 3. The number of carbonyl (C=O) groups is 2. The topological polar surface area (TPSA) is 87.2 Å². The predicted molar refractivity (Wildman–Crippen MR) is 71.0 cm³/mol. The van der Waals surface area contributed by atoms with Crippen LogP contribution in [0.25, 0.3) is 0 Å². The zero-order chi connectivity index (χ0) is 14.0. The molecule has 1 fully saturated rings. The van der Waals surface area contributed by atoms with Crippen molar-refractivity contribution < 1.29 is 9.59 Å². The van der Waals surface area contributed by atoms with Gasteiger partial charge in [0.15, 0.2) is 0 Å². The lowest BCUT2D eigenvalue weighted by molar-refractivity contribution is -0.130. The lowest BCUT2D eigenvalue weighted by Gasteiger charge is -2.29. The molecule has 1 aromatic heterocycles. The van der Waals surface area contributed by atoms with Crippen LogP contribution in [-0.2, 0) is 9.59 Å². The minimum atomic E-state index is -0.310. The summed E-state index contributed by atoms with van der Waals surface area (Å²) in [5.41, 5.74) is 0.910. The number of aromatic nitrogens is 2. The van der Waals surface area contributed by atoms with Gasteiger partial charge in [-0.15, -0.1) is 0 Å². The molecular weight excluding hydrogens is 246 g/mol. The smallest absolute Gasteiger partial charge is 0.246 e. The predicted octanol–water partition coefficient (Wildman–Crippen LogP) is 0.104. The molecule has 1 aromatic rings. The molecule has 0 atom stereocenters. The maximum absolute atomic E-state index is 11.5. The van der Waals surface area contributed by atoms with Gasteiger partial charge in [0.25, 0.3) is 0 Å². The van der Waals surface area contributed by atoms with Gasteiger partial charge in [-0.3, -0.25) is 14.9 Å². The third-order valence-electron chi connectivity index (χ3n) is 2.92. The summed E-state index contributed by atoms with van der Waals surface area (Å²) in [5, 5.41) is 5.29. The molecule has 19 heavy (non-hydrogen) atoms. The molecule has 7 nitrogen and oxygen atoms in total. The number of anilines is 2. The summed E-state index contributed by atoms with van der Waals surface area (Å²) in [5.74, 6) is 0.917. The monoisotopic (exact) mass is 263 g/mol. The van der Waals surface area contributed by atoms with E-state index < -0.39 is 0 Å². The van der Waals surface area contributed by atoms with Crippen molar-refractivity contribution in [1.29, 1.82) is 0 Å². The van der Waals surface area contributed by atoms with Crippen molar-refractivity contribution in [2.24, 2.45) is 0 Å². The summed E-state index contributed by atoms with van der Waals surface area (Å²) in [6.07, 6.45) is 1.43. The Morgan fingerprint density at radius 3 is 2.42 bits per heavy atom. The molecule has 7 heteroatoms. The van der Waals surface area contributed by atoms with Crippen molar-refractivity contribution in [3.63, 3.8) is 0 Å². The second-order valence-corrected chi connectivity index (χ2v) is 4.69. The van der Waals surface area contributed by atoms with E-state index >= 15 is 0 Å². The molecule has 0 saturated carbocycles. The van der Waals surface area contributed by atoms with E-state index in [1.165, 1.54) is 6.33 Å². The molecule has 1 aliphatic heterocycles. The van der Waals surface area contributed by atoms with Crippen LogP contribution >= 0.6 is 0 Å². The zero-order valence-electron chi connectivity index (χ0n) is 11.2. The van der Waals surface area contributed by atoms with Gasteiger partial charge in [0.05, 0.1) is 13.1 Å². The van der Waals surface area contributed by atoms with Crippen LogP contribution in [0.2, 0.25) is 0 Å². The summed E-state index contributed by atoms with van der Waals surface area (Å²) < 4.78 is 0. The van der Waals surface area contributed by atoms with E-state index in [9.17, 15) is 9.59 Å². The van der Waals surface area contributed by atoms with E-state index in [1.807, 2.05) is 13.8 Å². The average Bonchev–Trinajstić information content (AvgIpc) is 2.36. The molecule has 2 heterocycles. The molecule has 0 aliphatic carbocycles. The molecular formula is C12H17N5O2. The van der Waals surface area contributed by atoms with Crippen molar-refractivity contribution in [2.75, 3.05) is 30.4 Å². The van der Waals surface area contributed by atoms with Crippen molar-refractivity contribution >= 4 is 23.5 Å². The number of nitrogens with one attached hydrogen (secondary N) is 2. The van der Waals surface area contributed by atoms with Crippen molar-refractivity contribution in [1.82, 2.24) is 15.3 Å². The Bertz CT molecular complexity index is 499. The maximum atomic E-state index is 11.5. The van der Waals surface area contributed by atoms with E-state index in [1.54, 1.807) is 11.9 Å². The first-order valence-corrected chi connectivity index (χ1v) is 6.13. The number of amides is 2. The second-order valence-electron chi connectivity index (χ2n) is 4.69. The third-order valence-corrected chi connectivity index (χ3v) is 2.92. The van der Waals surface area contributed by atoms with E-state index in [0.717, 1.165) is 11.4 Å². The van der Waals surface area contributed by atoms with Gasteiger partial charge in [-0.1, -0.05) is 13.8 Å². The fourth-order valence-corrected chi connectivity index (χ4v) is 2.16. The maximum Gasteiger partial charge on any atom is 0.246 e. The molecule has 0 unspecified atom stereocenters. The molecule has 1 aliphatic rings. The summed E-state index contributed by atoms with van der Waals surface area (Å²) in [7, 11) is 1.78. The minimum Gasteiger partial charge on any atom is -0.373 e. The van der Waals surface area contributed by atoms with Crippen LogP contribution in [0.4, 0.5) is 11.6 Å². The Kier molecular flexibility index (Phi) is 3.64. The van der Waals surface area contributed by atoms with Crippen molar-refractivity contribution in [2.45, 2.75) is 19.8 Å². The Balaban J connectivity index is 2.43. The Hall–Kier alpha value is -2.18. The molecule has 2 N–H and O–H groups in total. The van der Waals surface area contributed by atoms with Gasteiger partial charge in [0.1, 0.15) is 18.0 Å². The summed E-state index contributed by atoms with van der Waals surface area (Å²) in [6.45, 7) is 4.31. The van der Waals surface area contributed by atoms with Gasteiger partial charge in [-0.05, 0) is 5.92 Å². The summed E-state index contributed by atoms with van der Waals surface area (Å²) in [6, 6.07) is 0. The standard InChI is InChI=1S/C12H17N5O2/c1-7(2)10-11(13-3)14-6-15-12(10)17-4-8(18)16-9(19)5-17/h6-7H,4-5H2,1-3H3,(H,13,14,15)(H,16,18,19). The molecule has 1 saturated heterocycles.